The molecule has 3 N–H and O–H groups in total. The molecule has 1 amide bonds. The van der Waals surface area contributed by atoms with Crippen LogP contribution in [0.15, 0.2) is 18.2 Å². The van der Waals surface area contributed by atoms with Gasteiger partial charge in [0, 0.05) is 24.8 Å². The number of rotatable bonds is 3. The van der Waals surface area contributed by atoms with E-state index in [1.165, 1.54) is 0 Å². The molecule has 5 heteroatoms. The molecule has 1 aliphatic heterocycles. The summed E-state index contributed by atoms with van der Waals surface area (Å²) in [6.07, 6.45) is 1.70. The van der Waals surface area contributed by atoms with Crippen LogP contribution in [0.4, 0.5) is 0 Å². The van der Waals surface area contributed by atoms with Crippen LogP contribution >= 0.6 is 0 Å². The van der Waals surface area contributed by atoms with Gasteiger partial charge in [-0.25, -0.2) is 0 Å². The van der Waals surface area contributed by atoms with Gasteiger partial charge in [-0.1, -0.05) is 11.8 Å². The van der Waals surface area contributed by atoms with E-state index in [2.05, 4.69) is 17.2 Å². The smallest absolute Gasteiger partial charge is 0.251 e. The number of benzene rings is 1. The summed E-state index contributed by atoms with van der Waals surface area (Å²) < 4.78 is 10.5. The third kappa shape index (κ3) is 4.22. The summed E-state index contributed by atoms with van der Waals surface area (Å²) in [5.41, 5.74) is 6.63. The largest absolute Gasteiger partial charge is 0.495 e. The van der Waals surface area contributed by atoms with E-state index in [1.54, 1.807) is 25.3 Å². The minimum atomic E-state index is -0.0969. The highest BCUT2D eigenvalue weighted by atomic mass is 16.5. The van der Waals surface area contributed by atoms with E-state index in [0.29, 0.717) is 30.1 Å². The van der Waals surface area contributed by atoms with Gasteiger partial charge in [0.2, 0.25) is 0 Å². The van der Waals surface area contributed by atoms with E-state index >= 15 is 0 Å². The summed E-state index contributed by atoms with van der Waals surface area (Å²) in [5.74, 6) is 6.24. The molecule has 0 unspecified atom stereocenters. The van der Waals surface area contributed by atoms with Crippen LogP contribution in [0, 0.1) is 11.8 Å². The van der Waals surface area contributed by atoms with Gasteiger partial charge in [-0.2, -0.15) is 0 Å². The maximum absolute atomic E-state index is 12.3. The number of amides is 1. The molecule has 0 radical (unpaired) electrons. The Morgan fingerprint density at radius 2 is 2.24 bits per heavy atom. The van der Waals surface area contributed by atoms with Crippen LogP contribution in [0.1, 0.15) is 28.8 Å². The van der Waals surface area contributed by atoms with Gasteiger partial charge in [-0.3, -0.25) is 4.79 Å². The number of nitrogens with two attached hydrogens (primary N) is 1. The van der Waals surface area contributed by atoms with Gasteiger partial charge in [0.15, 0.2) is 0 Å². The summed E-state index contributed by atoms with van der Waals surface area (Å²) in [6, 6.07) is 5.39. The van der Waals surface area contributed by atoms with Gasteiger partial charge < -0.3 is 20.5 Å². The molecule has 5 nitrogen and oxygen atoms in total. The standard InChI is InChI=1S/C16H20N2O3/c1-20-15-5-4-13(11-12(15)3-2-8-17)16(19)18-14-6-9-21-10-7-14/h4-5,11,14H,6-10,17H2,1H3,(H,18,19). The Kier molecular flexibility index (Phi) is 5.61. The maximum Gasteiger partial charge on any atom is 0.251 e. The molecule has 1 saturated heterocycles. The first-order valence-corrected chi connectivity index (χ1v) is 7.00. The zero-order chi connectivity index (χ0) is 15.1. The highest BCUT2D eigenvalue weighted by Crippen LogP contribution is 2.19. The van der Waals surface area contributed by atoms with Crippen LogP contribution in [0.2, 0.25) is 0 Å². The molecule has 1 fully saturated rings. The molecule has 1 aromatic rings. The predicted molar refractivity (Wildman–Crippen MR) is 80.2 cm³/mol. The maximum atomic E-state index is 12.3. The number of nitrogens with one attached hydrogen (secondary N) is 1. The lowest BCUT2D eigenvalue weighted by Crippen LogP contribution is -2.38. The Balaban J connectivity index is 2.13. The Labute approximate surface area is 124 Å². The van der Waals surface area contributed by atoms with Gasteiger partial charge in [0.25, 0.3) is 5.91 Å². The van der Waals surface area contributed by atoms with E-state index in [1.807, 2.05) is 0 Å². The molecule has 0 saturated carbocycles. The first-order chi connectivity index (χ1) is 10.2. The summed E-state index contributed by atoms with van der Waals surface area (Å²) >= 11 is 0. The van der Waals surface area contributed by atoms with E-state index in [4.69, 9.17) is 15.2 Å². The zero-order valence-electron chi connectivity index (χ0n) is 12.1. The number of hydrogen-bond donors (Lipinski definition) is 2. The first kappa shape index (κ1) is 15.4. The Morgan fingerprint density at radius 3 is 2.90 bits per heavy atom. The van der Waals surface area contributed by atoms with Crippen LogP contribution in [0.3, 0.4) is 0 Å². The Bertz CT molecular complexity index is 554. The van der Waals surface area contributed by atoms with Gasteiger partial charge in [-0.15, -0.1) is 0 Å². The van der Waals surface area contributed by atoms with Crippen LogP contribution in [0.5, 0.6) is 5.75 Å². The van der Waals surface area contributed by atoms with Gasteiger partial charge in [0.05, 0.1) is 19.2 Å². The molecular formula is C16H20N2O3. The molecular weight excluding hydrogens is 268 g/mol. The van der Waals surface area contributed by atoms with Crippen molar-refractivity contribution in [3.8, 4) is 17.6 Å². The molecule has 0 aliphatic carbocycles. The summed E-state index contributed by atoms with van der Waals surface area (Å²) in [5, 5.41) is 3.02. The lowest BCUT2D eigenvalue weighted by Gasteiger charge is -2.23. The third-order valence-electron chi connectivity index (χ3n) is 3.34. The molecule has 1 aliphatic rings. The van der Waals surface area contributed by atoms with Gasteiger partial charge in [-0.05, 0) is 31.0 Å². The monoisotopic (exact) mass is 288 g/mol. The van der Waals surface area contributed by atoms with E-state index < -0.39 is 0 Å². The minimum Gasteiger partial charge on any atom is -0.495 e. The van der Waals surface area contributed by atoms with Crippen molar-refractivity contribution < 1.29 is 14.3 Å². The second kappa shape index (κ2) is 7.67. The van der Waals surface area contributed by atoms with Crippen molar-refractivity contribution >= 4 is 5.91 Å². The van der Waals surface area contributed by atoms with Crippen LogP contribution in [0.25, 0.3) is 0 Å². The molecule has 0 bridgehead atoms. The first-order valence-electron chi connectivity index (χ1n) is 7.00. The Hall–Kier alpha value is -2.03. The predicted octanol–water partition coefficient (Wildman–Crippen LogP) is 0.914. The molecule has 0 aromatic heterocycles. The van der Waals surface area contributed by atoms with E-state index in [-0.39, 0.29) is 18.5 Å². The van der Waals surface area contributed by atoms with Crippen LogP contribution in [-0.2, 0) is 4.74 Å². The highest BCUT2D eigenvalue weighted by molar-refractivity contribution is 5.95. The average Bonchev–Trinajstić information content (AvgIpc) is 2.53. The second-order valence-electron chi connectivity index (χ2n) is 4.78. The molecule has 112 valence electrons. The van der Waals surface area contributed by atoms with Crippen molar-refractivity contribution in [2.24, 2.45) is 5.73 Å². The normalized spacial score (nSPS) is 15.0. The van der Waals surface area contributed by atoms with Crippen LogP contribution in [-0.4, -0.2) is 38.8 Å². The molecule has 2 rings (SSSR count). The lowest BCUT2D eigenvalue weighted by atomic mass is 10.1. The SMILES string of the molecule is COc1ccc(C(=O)NC2CCOCC2)cc1C#CCN. The van der Waals surface area contributed by atoms with Crippen molar-refractivity contribution in [1.29, 1.82) is 0 Å². The van der Waals surface area contributed by atoms with Crippen molar-refractivity contribution in [1.82, 2.24) is 5.32 Å². The number of methoxy groups -OCH3 is 1. The fourth-order valence-corrected chi connectivity index (χ4v) is 2.20. The van der Waals surface area contributed by atoms with Crippen molar-refractivity contribution in [2.45, 2.75) is 18.9 Å². The van der Waals surface area contributed by atoms with Gasteiger partial charge >= 0.3 is 0 Å². The van der Waals surface area contributed by atoms with Crippen molar-refractivity contribution in [2.75, 3.05) is 26.9 Å². The quantitative estimate of drug-likeness (QED) is 0.811. The van der Waals surface area contributed by atoms with Crippen LogP contribution < -0.4 is 15.8 Å². The fourth-order valence-electron chi connectivity index (χ4n) is 2.20. The number of carbonyl (C=O) groups is 1. The number of hydrogen-bond acceptors (Lipinski definition) is 4. The lowest BCUT2D eigenvalue weighted by molar-refractivity contribution is 0.0696. The molecule has 0 spiro atoms. The van der Waals surface area contributed by atoms with Crippen molar-refractivity contribution in [3.05, 3.63) is 29.3 Å². The molecule has 21 heavy (non-hydrogen) atoms. The van der Waals surface area contributed by atoms with Crippen molar-refractivity contribution in [3.63, 3.8) is 0 Å². The highest BCUT2D eigenvalue weighted by Gasteiger charge is 2.17. The molecule has 1 heterocycles. The summed E-state index contributed by atoms with van der Waals surface area (Å²) in [4.78, 5) is 12.3. The van der Waals surface area contributed by atoms with E-state index in [0.717, 1.165) is 12.8 Å². The van der Waals surface area contributed by atoms with E-state index in [9.17, 15) is 4.79 Å². The third-order valence-corrected chi connectivity index (χ3v) is 3.34. The number of carbonyl (C=O) groups excluding carboxylic acids is 1. The average molecular weight is 288 g/mol. The summed E-state index contributed by atoms with van der Waals surface area (Å²) in [6.45, 7) is 1.66. The Morgan fingerprint density at radius 1 is 1.48 bits per heavy atom. The fraction of sp³-hybridized carbons (Fsp3) is 0.438. The second-order valence-corrected chi connectivity index (χ2v) is 4.78. The number of ether oxygens (including phenoxy) is 2. The molecule has 0 atom stereocenters. The zero-order valence-corrected chi connectivity index (χ0v) is 12.1. The van der Waals surface area contributed by atoms with Gasteiger partial charge in [0.1, 0.15) is 5.75 Å². The molecule has 1 aromatic carbocycles. The minimum absolute atomic E-state index is 0.0969. The topological polar surface area (TPSA) is 73.6 Å². The summed E-state index contributed by atoms with van der Waals surface area (Å²) in [7, 11) is 1.57.